The second-order valence-corrected chi connectivity index (χ2v) is 9.63. The Kier molecular flexibility index (Phi) is 7.32. The Bertz CT molecular complexity index is 1170. The number of amides is 2. The van der Waals surface area contributed by atoms with E-state index in [1.807, 2.05) is 26.2 Å². The number of carbonyl (C=O) groups excluding carboxylic acids is 2. The van der Waals surface area contributed by atoms with Crippen molar-refractivity contribution >= 4 is 22.7 Å². The van der Waals surface area contributed by atoms with Gasteiger partial charge in [-0.3, -0.25) is 9.59 Å². The van der Waals surface area contributed by atoms with Crippen molar-refractivity contribution in [1.82, 2.24) is 20.5 Å². The fourth-order valence-corrected chi connectivity index (χ4v) is 4.27. The quantitative estimate of drug-likeness (QED) is 0.419. The number of aryl methyl sites for hydroxylation is 1. The van der Waals surface area contributed by atoms with E-state index in [1.165, 1.54) is 30.5 Å². The summed E-state index contributed by atoms with van der Waals surface area (Å²) in [7, 11) is 4.06. The molecule has 0 unspecified atom stereocenters. The molecule has 3 aromatic rings. The second kappa shape index (κ2) is 10.4. The van der Waals surface area contributed by atoms with Gasteiger partial charge < -0.3 is 20.5 Å². The summed E-state index contributed by atoms with van der Waals surface area (Å²) in [4.78, 5) is 31.3. The first kappa shape index (κ1) is 24.0. The zero-order chi connectivity index (χ0) is 24.2. The predicted octanol–water partition coefficient (Wildman–Crippen LogP) is 4.28. The zero-order valence-corrected chi connectivity index (χ0v) is 20.1. The number of nitrogens with zero attached hydrogens (tertiary/aromatic N) is 1. The summed E-state index contributed by atoms with van der Waals surface area (Å²) < 4.78 is 13.7. The fourth-order valence-electron chi connectivity index (χ4n) is 4.27. The Labute approximate surface area is 199 Å². The summed E-state index contributed by atoms with van der Waals surface area (Å²) in [5.41, 5.74) is 3.95. The molecule has 1 aliphatic carbocycles. The van der Waals surface area contributed by atoms with Crippen LogP contribution in [0.15, 0.2) is 42.5 Å². The van der Waals surface area contributed by atoms with Gasteiger partial charge in [-0.1, -0.05) is 37.1 Å². The maximum absolute atomic E-state index is 13.7. The average molecular weight is 465 g/mol. The van der Waals surface area contributed by atoms with Gasteiger partial charge in [-0.05, 0) is 74.7 Å². The maximum Gasteiger partial charge on any atom is 0.268 e. The third kappa shape index (κ3) is 6.03. The summed E-state index contributed by atoms with van der Waals surface area (Å²) >= 11 is 0. The molecule has 4 rings (SSSR count). The average Bonchev–Trinajstić information content (AvgIpc) is 3.58. The molecule has 2 amide bonds. The molecule has 1 aliphatic rings. The van der Waals surface area contributed by atoms with Crippen LogP contribution in [-0.2, 0) is 17.9 Å². The Morgan fingerprint density at radius 1 is 1.12 bits per heavy atom. The molecule has 0 saturated heterocycles. The molecular weight excluding hydrogens is 431 g/mol. The van der Waals surface area contributed by atoms with Crippen molar-refractivity contribution in [2.75, 3.05) is 14.1 Å². The van der Waals surface area contributed by atoms with E-state index in [0.29, 0.717) is 41.0 Å². The SMILES string of the molecule is Cc1c(C(=O)N[C@@H](CCC2CC2)C(=O)NCc2ccc(CN(C)C)cc2)[nH]c2ccc(F)cc12. The van der Waals surface area contributed by atoms with Crippen molar-refractivity contribution in [3.8, 4) is 0 Å². The number of aromatic nitrogens is 1. The first-order valence-electron chi connectivity index (χ1n) is 11.9. The minimum absolute atomic E-state index is 0.189. The highest BCUT2D eigenvalue weighted by Crippen LogP contribution is 2.34. The number of H-pyrrole nitrogens is 1. The monoisotopic (exact) mass is 464 g/mol. The molecule has 2 aromatic carbocycles. The van der Waals surface area contributed by atoms with Gasteiger partial charge in [0.25, 0.3) is 5.91 Å². The molecule has 1 heterocycles. The van der Waals surface area contributed by atoms with E-state index in [-0.39, 0.29) is 17.6 Å². The number of hydrogen-bond acceptors (Lipinski definition) is 3. The Morgan fingerprint density at radius 3 is 2.50 bits per heavy atom. The van der Waals surface area contributed by atoms with Crippen molar-refractivity contribution in [2.45, 2.75) is 51.7 Å². The van der Waals surface area contributed by atoms with Gasteiger partial charge in [0.05, 0.1) is 0 Å². The molecule has 1 aromatic heterocycles. The highest BCUT2D eigenvalue weighted by atomic mass is 19.1. The van der Waals surface area contributed by atoms with E-state index in [2.05, 4.69) is 32.7 Å². The lowest BCUT2D eigenvalue weighted by Gasteiger charge is -2.19. The lowest BCUT2D eigenvalue weighted by Crippen LogP contribution is -2.46. The van der Waals surface area contributed by atoms with Gasteiger partial charge >= 0.3 is 0 Å². The summed E-state index contributed by atoms with van der Waals surface area (Å²) in [6.07, 6.45) is 3.88. The highest BCUT2D eigenvalue weighted by Gasteiger charge is 2.27. The second-order valence-electron chi connectivity index (χ2n) is 9.63. The maximum atomic E-state index is 13.7. The van der Waals surface area contributed by atoms with Crippen molar-refractivity contribution < 1.29 is 14.0 Å². The molecule has 3 N–H and O–H groups in total. The van der Waals surface area contributed by atoms with Gasteiger partial charge in [-0.25, -0.2) is 4.39 Å². The number of hydrogen-bond donors (Lipinski definition) is 3. The van der Waals surface area contributed by atoms with Crippen LogP contribution >= 0.6 is 0 Å². The number of nitrogens with one attached hydrogen (secondary N) is 3. The highest BCUT2D eigenvalue weighted by molar-refractivity contribution is 6.02. The molecule has 0 radical (unpaired) electrons. The van der Waals surface area contributed by atoms with Crippen LogP contribution in [0, 0.1) is 18.7 Å². The minimum atomic E-state index is -0.622. The summed E-state index contributed by atoms with van der Waals surface area (Å²) in [6, 6.07) is 11.9. The van der Waals surface area contributed by atoms with Crippen LogP contribution in [-0.4, -0.2) is 41.8 Å². The van der Waals surface area contributed by atoms with E-state index in [4.69, 9.17) is 0 Å². The third-order valence-corrected chi connectivity index (χ3v) is 6.42. The number of fused-ring (bicyclic) bond motifs is 1. The standard InChI is InChI=1S/C27H33FN4O2/c1-17-22-14-21(28)11-13-23(22)30-25(17)27(34)31-24(12-10-18-4-5-18)26(33)29-15-19-6-8-20(9-7-19)16-32(2)3/h6-9,11,13-14,18,24,30H,4-5,10,12,15-16H2,1-3H3,(H,29,33)(H,31,34)/t24-/m0/s1. The Hall–Kier alpha value is -3.19. The number of halogens is 1. The van der Waals surface area contributed by atoms with Crippen LogP contribution < -0.4 is 10.6 Å². The Morgan fingerprint density at radius 2 is 1.82 bits per heavy atom. The van der Waals surface area contributed by atoms with Gasteiger partial charge in [0.1, 0.15) is 17.6 Å². The smallest absolute Gasteiger partial charge is 0.268 e. The summed E-state index contributed by atoms with van der Waals surface area (Å²) in [6.45, 7) is 3.05. The molecule has 0 bridgehead atoms. The van der Waals surface area contributed by atoms with E-state index in [1.54, 1.807) is 13.0 Å². The number of carbonyl (C=O) groups is 2. The molecule has 0 aliphatic heterocycles. The molecule has 6 nitrogen and oxygen atoms in total. The third-order valence-electron chi connectivity index (χ3n) is 6.42. The molecule has 1 atom stereocenters. The fraction of sp³-hybridized carbons (Fsp3) is 0.407. The van der Waals surface area contributed by atoms with Crippen LogP contribution in [0.1, 0.15) is 52.9 Å². The van der Waals surface area contributed by atoms with E-state index in [0.717, 1.165) is 18.5 Å². The van der Waals surface area contributed by atoms with Crippen LogP contribution in [0.5, 0.6) is 0 Å². The van der Waals surface area contributed by atoms with Crippen LogP contribution in [0.2, 0.25) is 0 Å². The van der Waals surface area contributed by atoms with Gasteiger partial charge in [0.2, 0.25) is 5.91 Å². The van der Waals surface area contributed by atoms with E-state index >= 15 is 0 Å². The summed E-state index contributed by atoms with van der Waals surface area (Å²) in [5.74, 6) is -0.239. The van der Waals surface area contributed by atoms with Crippen LogP contribution in [0.25, 0.3) is 10.9 Å². The Balaban J connectivity index is 1.42. The van der Waals surface area contributed by atoms with Gasteiger partial charge in [0.15, 0.2) is 0 Å². The number of benzene rings is 2. The number of aromatic amines is 1. The normalized spacial score (nSPS) is 14.4. The van der Waals surface area contributed by atoms with Crippen LogP contribution in [0.4, 0.5) is 4.39 Å². The largest absolute Gasteiger partial charge is 0.350 e. The molecule has 1 saturated carbocycles. The van der Waals surface area contributed by atoms with Crippen LogP contribution in [0.3, 0.4) is 0 Å². The van der Waals surface area contributed by atoms with Crippen molar-refractivity contribution in [2.24, 2.45) is 5.92 Å². The van der Waals surface area contributed by atoms with E-state index < -0.39 is 6.04 Å². The van der Waals surface area contributed by atoms with Crippen molar-refractivity contribution in [1.29, 1.82) is 0 Å². The number of rotatable bonds is 10. The first-order valence-corrected chi connectivity index (χ1v) is 11.9. The topological polar surface area (TPSA) is 77.2 Å². The molecule has 180 valence electrons. The van der Waals surface area contributed by atoms with E-state index in [9.17, 15) is 14.0 Å². The van der Waals surface area contributed by atoms with Crippen molar-refractivity contribution in [3.05, 3.63) is 70.7 Å². The molecule has 34 heavy (non-hydrogen) atoms. The van der Waals surface area contributed by atoms with Gasteiger partial charge in [-0.15, -0.1) is 0 Å². The zero-order valence-electron chi connectivity index (χ0n) is 20.1. The summed E-state index contributed by atoms with van der Waals surface area (Å²) in [5, 5.41) is 6.57. The van der Waals surface area contributed by atoms with Crippen molar-refractivity contribution in [3.63, 3.8) is 0 Å². The predicted molar refractivity (Wildman–Crippen MR) is 132 cm³/mol. The lowest BCUT2D eigenvalue weighted by molar-refractivity contribution is -0.123. The lowest BCUT2D eigenvalue weighted by atomic mass is 10.1. The van der Waals surface area contributed by atoms with Gasteiger partial charge in [0, 0.05) is 24.0 Å². The molecule has 0 spiro atoms. The first-order chi connectivity index (χ1) is 16.3. The molecule has 7 heteroatoms. The van der Waals surface area contributed by atoms with Gasteiger partial charge in [-0.2, -0.15) is 0 Å². The molecule has 1 fully saturated rings. The molecular formula is C27H33FN4O2. The minimum Gasteiger partial charge on any atom is -0.350 e.